The fourth-order valence-corrected chi connectivity index (χ4v) is 3.02. The molecule has 94 valence electrons. The van der Waals surface area contributed by atoms with Gasteiger partial charge in [0.15, 0.2) is 0 Å². The van der Waals surface area contributed by atoms with Crippen LogP contribution >= 0.6 is 11.8 Å². The Hall–Kier alpha value is -1.41. The van der Waals surface area contributed by atoms with Gasteiger partial charge in [-0.25, -0.2) is 0 Å². The van der Waals surface area contributed by atoms with E-state index >= 15 is 0 Å². The van der Waals surface area contributed by atoms with Gasteiger partial charge in [-0.05, 0) is 55.7 Å². The first-order chi connectivity index (χ1) is 8.56. The largest absolute Gasteiger partial charge is 0.399 e. The zero-order valence-corrected chi connectivity index (χ0v) is 12.0. The van der Waals surface area contributed by atoms with Gasteiger partial charge in [-0.3, -0.25) is 0 Å². The molecule has 0 aliphatic heterocycles. The van der Waals surface area contributed by atoms with E-state index in [1.165, 1.54) is 27.1 Å². The Morgan fingerprint density at radius 1 is 0.944 bits per heavy atom. The molecule has 0 aromatic heterocycles. The maximum Gasteiger partial charge on any atom is 0.0317 e. The molecule has 2 rings (SSSR count). The van der Waals surface area contributed by atoms with Gasteiger partial charge in [-0.15, -0.1) is 11.8 Å². The lowest BCUT2D eigenvalue weighted by molar-refractivity contribution is 1.25. The van der Waals surface area contributed by atoms with Crippen LogP contribution in [0.1, 0.15) is 22.3 Å². The zero-order chi connectivity index (χ0) is 13.1. The number of aryl methyl sites for hydroxylation is 3. The quantitative estimate of drug-likeness (QED) is 0.648. The summed E-state index contributed by atoms with van der Waals surface area (Å²) in [4.78, 5) is 1.31. The van der Waals surface area contributed by atoms with Crippen LogP contribution in [0, 0.1) is 20.8 Å². The van der Waals surface area contributed by atoms with Gasteiger partial charge in [0.2, 0.25) is 0 Å². The van der Waals surface area contributed by atoms with Crippen molar-refractivity contribution in [1.82, 2.24) is 0 Å². The Balaban J connectivity index is 2.13. The molecule has 0 heterocycles. The van der Waals surface area contributed by atoms with E-state index in [4.69, 9.17) is 5.73 Å². The number of anilines is 1. The fourth-order valence-electron chi connectivity index (χ4n) is 1.95. The minimum Gasteiger partial charge on any atom is -0.399 e. The number of hydrogen-bond acceptors (Lipinski definition) is 2. The third-order valence-electron chi connectivity index (χ3n) is 3.09. The van der Waals surface area contributed by atoms with E-state index in [9.17, 15) is 0 Å². The number of nitrogen functional groups attached to an aromatic ring is 1. The van der Waals surface area contributed by atoms with E-state index in [0.29, 0.717) is 0 Å². The van der Waals surface area contributed by atoms with Crippen LogP contribution in [0.3, 0.4) is 0 Å². The van der Waals surface area contributed by atoms with Crippen LogP contribution in [-0.4, -0.2) is 0 Å². The molecule has 0 atom stereocenters. The molecule has 2 aromatic rings. The average Bonchev–Trinajstić information content (AvgIpc) is 2.32. The number of benzene rings is 2. The molecule has 0 saturated heterocycles. The van der Waals surface area contributed by atoms with Gasteiger partial charge >= 0.3 is 0 Å². The van der Waals surface area contributed by atoms with Crippen molar-refractivity contribution in [3.05, 3.63) is 58.7 Å². The Labute approximate surface area is 113 Å². The second-order valence-electron chi connectivity index (χ2n) is 4.74. The topological polar surface area (TPSA) is 26.0 Å². The highest BCUT2D eigenvalue weighted by Gasteiger charge is 2.03. The molecule has 0 radical (unpaired) electrons. The molecule has 0 fully saturated rings. The lowest BCUT2D eigenvalue weighted by atomic mass is 10.1. The molecule has 2 N–H and O–H groups in total. The van der Waals surface area contributed by atoms with Crippen molar-refractivity contribution in [3.63, 3.8) is 0 Å². The molecule has 1 nitrogen and oxygen atoms in total. The Morgan fingerprint density at radius 2 is 1.72 bits per heavy atom. The Bertz CT molecular complexity index is 561. The van der Waals surface area contributed by atoms with Crippen molar-refractivity contribution in [1.29, 1.82) is 0 Å². The molecular weight excluding hydrogens is 238 g/mol. The number of thioether (sulfide) groups is 1. The molecule has 0 spiro atoms. The molecule has 0 bridgehead atoms. The molecular formula is C16H19NS. The summed E-state index contributed by atoms with van der Waals surface area (Å²) in [7, 11) is 0. The van der Waals surface area contributed by atoms with E-state index in [-0.39, 0.29) is 0 Å². The number of nitrogens with two attached hydrogens (primary N) is 1. The smallest absolute Gasteiger partial charge is 0.0317 e. The summed E-state index contributed by atoms with van der Waals surface area (Å²) in [6.07, 6.45) is 0. The molecule has 0 saturated carbocycles. The van der Waals surface area contributed by atoms with Gasteiger partial charge in [0.25, 0.3) is 0 Å². The number of hydrogen-bond donors (Lipinski definition) is 1. The second-order valence-corrected chi connectivity index (χ2v) is 5.76. The first kappa shape index (κ1) is 13.0. The molecule has 18 heavy (non-hydrogen) atoms. The molecule has 2 heteroatoms. The zero-order valence-electron chi connectivity index (χ0n) is 11.2. The number of rotatable bonds is 3. The highest BCUT2D eigenvalue weighted by Crippen LogP contribution is 2.28. The highest BCUT2D eigenvalue weighted by atomic mass is 32.2. The van der Waals surface area contributed by atoms with Crippen molar-refractivity contribution in [3.8, 4) is 0 Å². The van der Waals surface area contributed by atoms with Gasteiger partial charge < -0.3 is 5.73 Å². The van der Waals surface area contributed by atoms with Gasteiger partial charge in [-0.1, -0.05) is 23.8 Å². The van der Waals surface area contributed by atoms with E-state index in [0.717, 1.165) is 11.4 Å². The summed E-state index contributed by atoms with van der Waals surface area (Å²) in [6.45, 7) is 6.43. The third kappa shape index (κ3) is 3.08. The molecule has 0 aliphatic rings. The lowest BCUT2D eigenvalue weighted by Crippen LogP contribution is -1.90. The van der Waals surface area contributed by atoms with Crippen LogP contribution in [0.15, 0.2) is 41.3 Å². The highest BCUT2D eigenvalue weighted by molar-refractivity contribution is 7.98. The van der Waals surface area contributed by atoms with Crippen LogP contribution in [0.4, 0.5) is 5.69 Å². The van der Waals surface area contributed by atoms with E-state index in [1.54, 1.807) is 0 Å². The molecule has 0 unspecified atom stereocenters. The van der Waals surface area contributed by atoms with E-state index in [1.807, 2.05) is 23.9 Å². The minimum absolute atomic E-state index is 0.837. The second kappa shape index (κ2) is 5.49. The van der Waals surface area contributed by atoms with Crippen molar-refractivity contribution in [2.45, 2.75) is 31.4 Å². The van der Waals surface area contributed by atoms with Gasteiger partial charge in [0.1, 0.15) is 0 Å². The van der Waals surface area contributed by atoms with Crippen molar-refractivity contribution in [2.75, 3.05) is 5.73 Å². The maximum atomic E-state index is 5.77. The normalized spacial score (nSPS) is 10.6. The summed E-state index contributed by atoms with van der Waals surface area (Å²) >= 11 is 1.88. The summed E-state index contributed by atoms with van der Waals surface area (Å²) < 4.78 is 0. The monoisotopic (exact) mass is 257 g/mol. The third-order valence-corrected chi connectivity index (χ3v) is 4.31. The fraction of sp³-hybridized carbons (Fsp3) is 0.250. The summed E-state index contributed by atoms with van der Waals surface area (Å²) in [5, 5.41) is 0. The van der Waals surface area contributed by atoms with Gasteiger partial charge in [0.05, 0.1) is 0 Å². The maximum absolute atomic E-state index is 5.77. The standard InChI is InChI=1S/C16H19NS/c1-11-4-5-12(2)14(8-11)10-18-16-7-6-15(17)9-13(16)3/h4-9H,10,17H2,1-3H3. The Morgan fingerprint density at radius 3 is 2.44 bits per heavy atom. The first-order valence-electron chi connectivity index (χ1n) is 6.11. The van der Waals surface area contributed by atoms with Crippen LogP contribution < -0.4 is 5.73 Å². The predicted molar refractivity (Wildman–Crippen MR) is 81.1 cm³/mol. The summed E-state index contributed by atoms with van der Waals surface area (Å²) in [5.41, 5.74) is 12.0. The lowest BCUT2D eigenvalue weighted by Gasteiger charge is -2.09. The predicted octanol–water partition coefficient (Wildman–Crippen LogP) is 4.49. The van der Waals surface area contributed by atoms with Crippen LogP contribution in [0.2, 0.25) is 0 Å². The average molecular weight is 257 g/mol. The molecule has 0 aliphatic carbocycles. The van der Waals surface area contributed by atoms with Crippen LogP contribution in [-0.2, 0) is 5.75 Å². The van der Waals surface area contributed by atoms with Crippen molar-refractivity contribution in [2.24, 2.45) is 0 Å². The van der Waals surface area contributed by atoms with Crippen molar-refractivity contribution < 1.29 is 0 Å². The molecule has 0 amide bonds. The SMILES string of the molecule is Cc1ccc(C)c(CSc2ccc(N)cc2C)c1. The first-order valence-corrected chi connectivity index (χ1v) is 7.10. The Kier molecular flexibility index (Phi) is 3.97. The molecule has 2 aromatic carbocycles. The van der Waals surface area contributed by atoms with Crippen LogP contribution in [0.25, 0.3) is 0 Å². The summed E-state index contributed by atoms with van der Waals surface area (Å²) in [5.74, 6) is 1.01. The van der Waals surface area contributed by atoms with E-state index in [2.05, 4.69) is 45.0 Å². The van der Waals surface area contributed by atoms with Gasteiger partial charge in [-0.2, -0.15) is 0 Å². The minimum atomic E-state index is 0.837. The summed E-state index contributed by atoms with van der Waals surface area (Å²) in [6, 6.07) is 12.7. The van der Waals surface area contributed by atoms with Crippen molar-refractivity contribution >= 4 is 17.4 Å². The van der Waals surface area contributed by atoms with E-state index < -0.39 is 0 Å². The van der Waals surface area contributed by atoms with Crippen LogP contribution in [0.5, 0.6) is 0 Å². The van der Waals surface area contributed by atoms with Gasteiger partial charge in [0, 0.05) is 16.3 Å².